The molecule has 3 heterocycles. The van der Waals surface area contributed by atoms with Crippen LogP contribution in [0.25, 0.3) is 23.2 Å². The average Bonchev–Trinajstić information content (AvgIpc) is 3.59. The zero-order valence-electron chi connectivity index (χ0n) is 16.9. The fourth-order valence-electron chi connectivity index (χ4n) is 3.86. The number of nitrogens with one attached hydrogen (secondary N) is 1. The van der Waals surface area contributed by atoms with Crippen LogP contribution in [0.4, 0.5) is 0 Å². The second-order valence-corrected chi connectivity index (χ2v) is 7.49. The van der Waals surface area contributed by atoms with E-state index in [0.29, 0.717) is 12.4 Å². The number of hydrogen-bond acceptors (Lipinski definition) is 4. The van der Waals surface area contributed by atoms with E-state index in [2.05, 4.69) is 20.3 Å². The second-order valence-electron chi connectivity index (χ2n) is 7.49. The summed E-state index contributed by atoms with van der Waals surface area (Å²) < 4.78 is 1.79. The SMILES string of the molecule is O=C(/C=C/c1cnn(-c2ccccc2)c1)N1CCCC1c1nc(-c2ccccc2)n[nH]1. The van der Waals surface area contributed by atoms with Gasteiger partial charge in [0.2, 0.25) is 5.91 Å². The monoisotopic (exact) mass is 410 g/mol. The fraction of sp³-hybridized carbons (Fsp3) is 0.167. The molecule has 1 atom stereocenters. The summed E-state index contributed by atoms with van der Waals surface area (Å²) in [5.74, 6) is 1.35. The number of benzene rings is 2. The Bertz CT molecular complexity index is 1200. The molecule has 7 heteroatoms. The van der Waals surface area contributed by atoms with Gasteiger partial charge < -0.3 is 4.90 Å². The van der Waals surface area contributed by atoms with E-state index in [4.69, 9.17) is 0 Å². The lowest BCUT2D eigenvalue weighted by molar-refractivity contribution is -0.127. The normalized spacial score (nSPS) is 16.3. The summed E-state index contributed by atoms with van der Waals surface area (Å²) in [5, 5.41) is 11.8. The second kappa shape index (κ2) is 8.39. The molecule has 1 unspecified atom stereocenters. The number of aromatic nitrogens is 5. The van der Waals surface area contributed by atoms with Gasteiger partial charge >= 0.3 is 0 Å². The van der Waals surface area contributed by atoms with E-state index < -0.39 is 0 Å². The summed E-state index contributed by atoms with van der Waals surface area (Å²) in [6.45, 7) is 0.707. The van der Waals surface area contributed by atoms with Crippen molar-refractivity contribution in [1.82, 2.24) is 29.9 Å². The molecule has 0 bridgehead atoms. The first-order chi connectivity index (χ1) is 15.3. The molecule has 1 aliphatic heterocycles. The van der Waals surface area contributed by atoms with Crippen LogP contribution < -0.4 is 0 Å². The molecular formula is C24H22N6O. The van der Waals surface area contributed by atoms with Crippen LogP contribution in [0.1, 0.15) is 30.3 Å². The van der Waals surface area contributed by atoms with E-state index in [1.165, 1.54) is 0 Å². The average molecular weight is 410 g/mol. The lowest BCUT2D eigenvalue weighted by atomic mass is 10.2. The van der Waals surface area contributed by atoms with E-state index in [9.17, 15) is 4.79 Å². The third kappa shape index (κ3) is 4.02. The van der Waals surface area contributed by atoms with Gasteiger partial charge in [-0.05, 0) is 31.1 Å². The molecule has 1 N–H and O–H groups in total. The van der Waals surface area contributed by atoms with Gasteiger partial charge in [-0.25, -0.2) is 9.67 Å². The molecule has 0 radical (unpaired) electrons. The zero-order chi connectivity index (χ0) is 21.0. The summed E-state index contributed by atoms with van der Waals surface area (Å²) in [5.41, 5.74) is 2.81. The molecule has 1 aliphatic rings. The molecule has 154 valence electrons. The predicted molar refractivity (Wildman–Crippen MR) is 118 cm³/mol. The molecule has 1 fully saturated rings. The van der Waals surface area contributed by atoms with Gasteiger partial charge in [-0.2, -0.15) is 10.2 Å². The molecule has 0 aliphatic carbocycles. The quantitative estimate of drug-likeness (QED) is 0.504. The van der Waals surface area contributed by atoms with E-state index in [1.54, 1.807) is 23.0 Å². The standard InChI is InChI=1S/C24H22N6O/c31-22(14-13-18-16-25-30(17-18)20-10-5-2-6-11-20)29-15-7-12-21(29)24-26-23(27-28-24)19-8-3-1-4-9-19/h1-6,8-11,13-14,16-17,21H,7,12,15H2,(H,26,27,28)/b14-13+. The Morgan fingerprint density at radius 2 is 1.84 bits per heavy atom. The van der Waals surface area contributed by atoms with E-state index in [-0.39, 0.29) is 11.9 Å². The first kappa shape index (κ1) is 19.0. The third-order valence-corrected chi connectivity index (χ3v) is 5.43. The van der Waals surface area contributed by atoms with Crippen molar-refractivity contribution in [2.45, 2.75) is 18.9 Å². The summed E-state index contributed by atoms with van der Waals surface area (Å²) >= 11 is 0. The number of nitrogens with zero attached hydrogens (tertiary/aromatic N) is 5. The van der Waals surface area contributed by atoms with Crippen LogP contribution >= 0.6 is 0 Å². The number of carbonyl (C=O) groups excluding carboxylic acids is 1. The van der Waals surface area contributed by atoms with Crippen LogP contribution in [0.5, 0.6) is 0 Å². The number of hydrogen-bond donors (Lipinski definition) is 1. The highest BCUT2D eigenvalue weighted by Crippen LogP contribution is 2.31. The van der Waals surface area contributed by atoms with Crippen LogP contribution in [0, 0.1) is 0 Å². The van der Waals surface area contributed by atoms with Crippen molar-refractivity contribution in [3.63, 3.8) is 0 Å². The van der Waals surface area contributed by atoms with Gasteiger partial charge in [-0.1, -0.05) is 48.5 Å². The minimum Gasteiger partial charge on any atom is -0.329 e. The van der Waals surface area contributed by atoms with Crippen LogP contribution in [-0.4, -0.2) is 42.3 Å². The molecule has 2 aromatic heterocycles. The number of amides is 1. The Labute approximate surface area is 180 Å². The first-order valence-corrected chi connectivity index (χ1v) is 10.3. The van der Waals surface area contributed by atoms with Gasteiger partial charge in [-0.15, -0.1) is 0 Å². The van der Waals surface area contributed by atoms with Crippen LogP contribution in [-0.2, 0) is 4.79 Å². The summed E-state index contributed by atoms with van der Waals surface area (Å²) in [6, 6.07) is 19.6. The molecule has 31 heavy (non-hydrogen) atoms. The smallest absolute Gasteiger partial charge is 0.247 e. The Morgan fingerprint density at radius 3 is 2.65 bits per heavy atom. The highest BCUT2D eigenvalue weighted by molar-refractivity contribution is 5.92. The maximum absolute atomic E-state index is 12.9. The lowest BCUT2D eigenvalue weighted by Gasteiger charge is -2.21. The van der Waals surface area contributed by atoms with Gasteiger partial charge in [-0.3, -0.25) is 9.89 Å². The number of aromatic amines is 1. The lowest BCUT2D eigenvalue weighted by Crippen LogP contribution is -2.29. The van der Waals surface area contributed by atoms with Crippen molar-refractivity contribution in [3.8, 4) is 17.1 Å². The third-order valence-electron chi connectivity index (χ3n) is 5.43. The maximum atomic E-state index is 12.9. The Balaban J connectivity index is 1.29. The molecule has 5 rings (SSSR count). The van der Waals surface area contributed by atoms with Crippen molar-refractivity contribution < 1.29 is 4.79 Å². The highest BCUT2D eigenvalue weighted by atomic mass is 16.2. The van der Waals surface area contributed by atoms with Crippen molar-refractivity contribution in [1.29, 1.82) is 0 Å². The summed E-state index contributed by atoms with van der Waals surface area (Å²) in [6.07, 6.45) is 8.88. The van der Waals surface area contributed by atoms with Crippen molar-refractivity contribution in [3.05, 3.63) is 90.5 Å². The fourth-order valence-corrected chi connectivity index (χ4v) is 3.86. The number of para-hydroxylation sites is 1. The van der Waals surface area contributed by atoms with E-state index >= 15 is 0 Å². The number of likely N-dealkylation sites (tertiary alicyclic amines) is 1. The van der Waals surface area contributed by atoms with Gasteiger partial charge in [0.15, 0.2) is 5.82 Å². The number of carbonyl (C=O) groups is 1. The van der Waals surface area contributed by atoms with Gasteiger partial charge in [0, 0.05) is 29.9 Å². The Hall–Kier alpha value is -4.00. The van der Waals surface area contributed by atoms with E-state index in [1.807, 2.05) is 71.8 Å². The van der Waals surface area contributed by atoms with Gasteiger partial charge in [0.25, 0.3) is 0 Å². The summed E-state index contributed by atoms with van der Waals surface area (Å²) in [4.78, 5) is 19.4. The minimum absolute atomic E-state index is 0.0346. The van der Waals surface area contributed by atoms with Crippen molar-refractivity contribution in [2.24, 2.45) is 0 Å². The number of rotatable bonds is 5. The topological polar surface area (TPSA) is 79.7 Å². The highest BCUT2D eigenvalue weighted by Gasteiger charge is 2.31. The largest absolute Gasteiger partial charge is 0.329 e. The molecule has 4 aromatic rings. The minimum atomic E-state index is -0.0887. The Kier molecular flexibility index (Phi) is 5.14. The molecule has 2 aromatic carbocycles. The molecule has 1 saturated heterocycles. The first-order valence-electron chi connectivity index (χ1n) is 10.3. The van der Waals surface area contributed by atoms with E-state index in [0.717, 1.165) is 35.5 Å². The maximum Gasteiger partial charge on any atom is 0.247 e. The number of H-pyrrole nitrogens is 1. The van der Waals surface area contributed by atoms with Crippen molar-refractivity contribution >= 4 is 12.0 Å². The van der Waals surface area contributed by atoms with Crippen molar-refractivity contribution in [2.75, 3.05) is 6.54 Å². The van der Waals surface area contributed by atoms with Crippen LogP contribution in [0.15, 0.2) is 79.1 Å². The predicted octanol–water partition coefficient (Wildman–Crippen LogP) is 4.03. The zero-order valence-corrected chi connectivity index (χ0v) is 16.9. The Morgan fingerprint density at radius 1 is 1.06 bits per heavy atom. The van der Waals surface area contributed by atoms with Gasteiger partial charge in [0.05, 0.1) is 17.9 Å². The molecule has 0 saturated carbocycles. The molecule has 1 amide bonds. The molecule has 0 spiro atoms. The van der Waals surface area contributed by atoms with Gasteiger partial charge in [0.1, 0.15) is 5.82 Å². The van der Waals surface area contributed by atoms with Crippen LogP contribution in [0.2, 0.25) is 0 Å². The molecular weight excluding hydrogens is 388 g/mol. The summed E-state index contributed by atoms with van der Waals surface area (Å²) in [7, 11) is 0. The van der Waals surface area contributed by atoms with Crippen LogP contribution in [0.3, 0.4) is 0 Å². The molecule has 7 nitrogen and oxygen atoms in total.